The van der Waals surface area contributed by atoms with Crippen LogP contribution >= 0.6 is 23.2 Å². The highest BCUT2D eigenvalue weighted by atomic mass is 35.5. The van der Waals surface area contributed by atoms with Gasteiger partial charge in [-0.3, -0.25) is 14.2 Å². The number of amides is 1. The molecule has 0 spiro atoms. The van der Waals surface area contributed by atoms with Crippen molar-refractivity contribution in [2.75, 3.05) is 5.32 Å². The average Bonchev–Trinajstić information content (AvgIpc) is 3.02. The Bertz CT molecular complexity index is 950. The van der Waals surface area contributed by atoms with Gasteiger partial charge in [0, 0.05) is 13.2 Å². The number of benzene rings is 1. The Balaban J connectivity index is 1.78. The summed E-state index contributed by atoms with van der Waals surface area (Å²) >= 11 is 12.2. The van der Waals surface area contributed by atoms with E-state index in [1.54, 1.807) is 32.3 Å². The maximum Gasteiger partial charge on any atom is 0.278 e. The normalized spacial score (nSPS) is 10.9. The van der Waals surface area contributed by atoms with Crippen LogP contribution in [0.25, 0.3) is 0 Å². The summed E-state index contributed by atoms with van der Waals surface area (Å²) in [6, 6.07) is 6.16. The second kappa shape index (κ2) is 6.85. The van der Waals surface area contributed by atoms with Gasteiger partial charge < -0.3 is 5.32 Å². The van der Waals surface area contributed by atoms with Crippen molar-refractivity contribution in [2.24, 2.45) is 7.05 Å². The van der Waals surface area contributed by atoms with E-state index in [4.69, 9.17) is 23.2 Å². The van der Waals surface area contributed by atoms with Crippen LogP contribution in [0, 0.1) is 12.7 Å². The van der Waals surface area contributed by atoms with Crippen LogP contribution < -0.4 is 5.32 Å². The van der Waals surface area contributed by atoms with Crippen LogP contribution in [0.2, 0.25) is 10.0 Å². The van der Waals surface area contributed by atoms with Crippen molar-refractivity contribution in [3.05, 3.63) is 63.3 Å². The van der Waals surface area contributed by atoms with E-state index in [1.165, 1.54) is 21.5 Å². The molecule has 130 valence electrons. The van der Waals surface area contributed by atoms with Gasteiger partial charge in [0.1, 0.15) is 10.8 Å². The Labute approximate surface area is 153 Å². The molecule has 0 bridgehead atoms. The molecule has 1 amide bonds. The van der Waals surface area contributed by atoms with Crippen molar-refractivity contribution < 1.29 is 9.18 Å². The minimum Gasteiger partial charge on any atom is -0.302 e. The topological polar surface area (TPSA) is 64.7 Å². The van der Waals surface area contributed by atoms with Crippen LogP contribution in [0.15, 0.2) is 30.5 Å². The van der Waals surface area contributed by atoms with Gasteiger partial charge in [-0.1, -0.05) is 35.3 Å². The van der Waals surface area contributed by atoms with Gasteiger partial charge in [0.05, 0.1) is 17.3 Å². The van der Waals surface area contributed by atoms with Crippen LogP contribution in [-0.4, -0.2) is 25.5 Å². The summed E-state index contributed by atoms with van der Waals surface area (Å²) < 4.78 is 16.3. The largest absolute Gasteiger partial charge is 0.302 e. The molecule has 0 saturated carbocycles. The molecule has 9 heteroatoms. The highest BCUT2D eigenvalue weighted by Crippen LogP contribution is 2.23. The molecular weight excluding hydrogens is 368 g/mol. The average molecular weight is 382 g/mol. The molecule has 1 aromatic carbocycles. The highest BCUT2D eigenvalue weighted by molar-refractivity contribution is 6.35. The van der Waals surface area contributed by atoms with Crippen LogP contribution in [0.5, 0.6) is 0 Å². The van der Waals surface area contributed by atoms with Crippen LogP contribution in [-0.2, 0) is 13.6 Å². The molecule has 0 radical (unpaired) electrons. The first-order chi connectivity index (χ1) is 11.8. The van der Waals surface area contributed by atoms with Crippen LogP contribution in [0.1, 0.15) is 21.7 Å². The lowest BCUT2D eigenvalue weighted by atomic mass is 10.2. The fourth-order valence-corrected chi connectivity index (χ4v) is 2.72. The van der Waals surface area contributed by atoms with Gasteiger partial charge in [-0.05, 0) is 24.6 Å². The first-order valence-corrected chi connectivity index (χ1v) is 8.08. The minimum absolute atomic E-state index is 0.0948. The third-order valence-corrected chi connectivity index (χ3v) is 4.39. The molecule has 6 nitrogen and oxygen atoms in total. The van der Waals surface area contributed by atoms with E-state index in [2.05, 4.69) is 15.5 Å². The monoisotopic (exact) mass is 381 g/mol. The number of aryl methyl sites for hydroxylation is 1. The summed E-state index contributed by atoms with van der Waals surface area (Å²) in [4.78, 5) is 12.3. The number of halogens is 3. The summed E-state index contributed by atoms with van der Waals surface area (Å²) in [7, 11) is 1.69. The number of nitrogens with one attached hydrogen (secondary N) is 1. The van der Waals surface area contributed by atoms with E-state index < -0.39 is 5.91 Å². The second-order valence-electron chi connectivity index (χ2n) is 5.48. The van der Waals surface area contributed by atoms with Gasteiger partial charge in [-0.25, -0.2) is 4.39 Å². The fourth-order valence-electron chi connectivity index (χ4n) is 2.28. The van der Waals surface area contributed by atoms with Crippen molar-refractivity contribution in [1.82, 2.24) is 19.6 Å². The van der Waals surface area contributed by atoms with E-state index in [1.807, 2.05) is 0 Å². The molecule has 2 aromatic heterocycles. The summed E-state index contributed by atoms with van der Waals surface area (Å²) in [5, 5.41) is 11.4. The highest BCUT2D eigenvalue weighted by Gasteiger charge is 2.20. The fraction of sp³-hybridized carbons (Fsp3) is 0.188. The van der Waals surface area contributed by atoms with E-state index in [0.29, 0.717) is 12.2 Å². The second-order valence-corrected chi connectivity index (χ2v) is 6.26. The molecule has 1 N–H and O–H groups in total. The number of aromatic nitrogens is 4. The molecular formula is C16H14Cl2FN5O. The van der Waals surface area contributed by atoms with E-state index in [-0.39, 0.29) is 27.4 Å². The first-order valence-electron chi connectivity index (χ1n) is 7.33. The van der Waals surface area contributed by atoms with Gasteiger partial charge in [0.25, 0.3) is 5.91 Å². The summed E-state index contributed by atoms with van der Waals surface area (Å²) in [6.07, 6.45) is 1.55. The zero-order valence-electron chi connectivity index (χ0n) is 13.4. The van der Waals surface area contributed by atoms with Gasteiger partial charge in [0.2, 0.25) is 0 Å². The van der Waals surface area contributed by atoms with Gasteiger partial charge in [0.15, 0.2) is 11.5 Å². The van der Waals surface area contributed by atoms with Gasteiger partial charge in [-0.15, -0.1) is 0 Å². The minimum atomic E-state index is -0.508. The number of hydrogen-bond acceptors (Lipinski definition) is 3. The van der Waals surface area contributed by atoms with Crippen molar-refractivity contribution in [3.63, 3.8) is 0 Å². The van der Waals surface area contributed by atoms with Gasteiger partial charge >= 0.3 is 0 Å². The van der Waals surface area contributed by atoms with E-state index in [9.17, 15) is 9.18 Å². The Morgan fingerprint density at radius 1 is 1.32 bits per heavy atom. The molecule has 0 aliphatic rings. The lowest BCUT2D eigenvalue weighted by Crippen LogP contribution is -2.14. The number of nitrogens with zero attached hydrogens (tertiary/aromatic N) is 4. The summed E-state index contributed by atoms with van der Waals surface area (Å²) in [6.45, 7) is 2.07. The molecule has 2 heterocycles. The Morgan fingerprint density at radius 2 is 2.08 bits per heavy atom. The third-order valence-electron chi connectivity index (χ3n) is 3.66. The zero-order chi connectivity index (χ0) is 18.1. The smallest absolute Gasteiger partial charge is 0.278 e. The quantitative estimate of drug-likeness (QED) is 0.749. The molecule has 0 fully saturated rings. The molecule has 25 heavy (non-hydrogen) atoms. The molecule has 0 unspecified atom stereocenters. The molecule has 3 rings (SSSR count). The lowest BCUT2D eigenvalue weighted by Gasteiger charge is -2.02. The predicted molar refractivity (Wildman–Crippen MR) is 93.6 cm³/mol. The Hall–Kier alpha value is -2.38. The van der Waals surface area contributed by atoms with Crippen molar-refractivity contribution >= 4 is 34.9 Å². The zero-order valence-corrected chi connectivity index (χ0v) is 14.9. The van der Waals surface area contributed by atoms with E-state index in [0.717, 1.165) is 5.56 Å². The maximum atomic E-state index is 13.3. The standard InChI is InChI=1S/C16H14Cl2FN5O/c1-9-13(18)14(21-23(9)2)16(25)20-15-12(17)8-24(22-15)7-10-4-3-5-11(19)6-10/h3-6,8H,7H2,1-2H3,(H,20,22,25). The molecule has 0 aliphatic carbocycles. The van der Waals surface area contributed by atoms with E-state index >= 15 is 0 Å². The van der Waals surface area contributed by atoms with Gasteiger partial charge in [-0.2, -0.15) is 10.2 Å². The van der Waals surface area contributed by atoms with Crippen LogP contribution in [0.4, 0.5) is 10.2 Å². The summed E-state index contributed by atoms with van der Waals surface area (Å²) in [5.41, 5.74) is 1.49. The molecule has 0 atom stereocenters. The SMILES string of the molecule is Cc1c(Cl)c(C(=O)Nc2nn(Cc3cccc(F)c3)cc2Cl)nn1C. The van der Waals surface area contributed by atoms with Crippen LogP contribution in [0.3, 0.4) is 0 Å². The number of carbonyl (C=O) groups is 1. The first kappa shape index (κ1) is 17.4. The Kier molecular flexibility index (Phi) is 4.78. The Morgan fingerprint density at radius 3 is 2.72 bits per heavy atom. The molecule has 0 aliphatic heterocycles. The predicted octanol–water partition coefficient (Wildman–Crippen LogP) is 3.67. The summed E-state index contributed by atoms with van der Waals surface area (Å²) in [5.74, 6) is -0.654. The number of anilines is 1. The molecule has 0 saturated heterocycles. The number of hydrogen-bond donors (Lipinski definition) is 1. The lowest BCUT2D eigenvalue weighted by molar-refractivity contribution is 0.102. The number of rotatable bonds is 4. The van der Waals surface area contributed by atoms with Crippen molar-refractivity contribution in [1.29, 1.82) is 0 Å². The number of carbonyl (C=O) groups excluding carboxylic acids is 1. The van der Waals surface area contributed by atoms with Crippen molar-refractivity contribution in [2.45, 2.75) is 13.5 Å². The van der Waals surface area contributed by atoms with Crippen molar-refractivity contribution in [3.8, 4) is 0 Å². The third kappa shape index (κ3) is 3.67. The molecule has 3 aromatic rings. The maximum absolute atomic E-state index is 13.3.